The molecule has 6 nitrogen and oxygen atoms in total. The summed E-state index contributed by atoms with van der Waals surface area (Å²) in [5.41, 5.74) is 1.17. The lowest BCUT2D eigenvalue weighted by Gasteiger charge is -2.09. The predicted molar refractivity (Wildman–Crippen MR) is 68.9 cm³/mol. The third kappa shape index (κ3) is 3.16. The maximum absolute atomic E-state index is 4.33. The number of rotatable bonds is 6. The second-order valence-corrected chi connectivity index (χ2v) is 4.80. The first kappa shape index (κ1) is 12.8. The summed E-state index contributed by atoms with van der Waals surface area (Å²) < 4.78 is 3.73. The summed E-state index contributed by atoms with van der Waals surface area (Å²) in [5, 5.41) is 11.8. The predicted octanol–water partition coefficient (Wildman–Crippen LogP) is 0.805. The Morgan fingerprint density at radius 3 is 2.83 bits per heavy atom. The number of nitrogens with zero attached hydrogens (tertiary/aromatic N) is 5. The van der Waals surface area contributed by atoms with E-state index in [1.807, 2.05) is 24.0 Å². The molecular formula is C12H20N6. The molecule has 0 unspecified atom stereocenters. The van der Waals surface area contributed by atoms with E-state index in [0.29, 0.717) is 12.5 Å². The van der Waals surface area contributed by atoms with Crippen molar-refractivity contribution in [2.75, 3.05) is 6.54 Å². The molecule has 0 spiro atoms. The zero-order valence-corrected chi connectivity index (χ0v) is 11.2. The molecular weight excluding hydrogens is 228 g/mol. The first-order valence-corrected chi connectivity index (χ1v) is 6.21. The lowest BCUT2D eigenvalue weighted by molar-refractivity contribution is 0.521. The van der Waals surface area contributed by atoms with E-state index in [4.69, 9.17) is 0 Å². The third-order valence-electron chi connectivity index (χ3n) is 2.76. The molecule has 0 amide bonds. The molecule has 18 heavy (non-hydrogen) atoms. The molecule has 2 aromatic heterocycles. The molecule has 2 aromatic rings. The van der Waals surface area contributed by atoms with Gasteiger partial charge in [0.1, 0.15) is 18.7 Å². The molecule has 0 aliphatic carbocycles. The van der Waals surface area contributed by atoms with Crippen LogP contribution in [0, 0.1) is 5.92 Å². The van der Waals surface area contributed by atoms with E-state index in [1.54, 1.807) is 11.0 Å². The van der Waals surface area contributed by atoms with Crippen LogP contribution in [0.5, 0.6) is 0 Å². The summed E-state index contributed by atoms with van der Waals surface area (Å²) in [6.45, 7) is 6.89. The fourth-order valence-electron chi connectivity index (χ4n) is 1.74. The van der Waals surface area contributed by atoms with Crippen molar-refractivity contribution in [1.29, 1.82) is 0 Å². The minimum atomic E-state index is 0.653. The van der Waals surface area contributed by atoms with Crippen LogP contribution >= 0.6 is 0 Å². The van der Waals surface area contributed by atoms with Gasteiger partial charge < -0.3 is 5.32 Å². The van der Waals surface area contributed by atoms with Gasteiger partial charge in [0.15, 0.2) is 0 Å². The molecule has 0 atom stereocenters. The molecule has 98 valence electrons. The van der Waals surface area contributed by atoms with Crippen molar-refractivity contribution >= 4 is 0 Å². The smallest absolute Gasteiger partial charge is 0.148 e. The van der Waals surface area contributed by atoms with Gasteiger partial charge in [-0.2, -0.15) is 10.2 Å². The quantitative estimate of drug-likeness (QED) is 0.821. The Labute approximate surface area is 107 Å². The monoisotopic (exact) mass is 248 g/mol. The fourth-order valence-corrected chi connectivity index (χ4v) is 1.74. The van der Waals surface area contributed by atoms with Crippen LogP contribution in [0.2, 0.25) is 0 Å². The van der Waals surface area contributed by atoms with Crippen molar-refractivity contribution < 1.29 is 0 Å². The van der Waals surface area contributed by atoms with Gasteiger partial charge in [-0.1, -0.05) is 13.8 Å². The van der Waals surface area contributed by atoms with Gasteiger partial charge in [0.2, 0.25) is 0 Å². The van der Waals surface area contributed by atoms with Gasteiger partial charge in [-0.3, -0.25) is 9.36 Å². The van der Waals surface area contributed by atoms with E-state index in [9.17, 15) is 0 Å². The molecule has 1 N–H and O–H groups in total. The molecule has 2 heterocycles. The van der Waals surface area contributed by atoms with Crippen molar-refractivity contribution in [2.24, 2.45) is 13.0 Å². The van der Waals surface area contributed by atoms with Crippen molar-refractivity contribution in [3.8, 4) is 0 Å². The normalized spacial score (nSPS) is 11.3. The molecule has 6 heteroatoms. The molecule has 0 bridgehead atoms. The summed E-state index contributed by atoms with van der Waals surface area (Å²) in [4.78, 5) is 4.21. The highest BCUT2D eigenvalue weighted by molar-refractivity contribution is 5.02. The average molecular weight is 248 g/mol. The number of aryl methyl sites for hydroxylation is 1. The van der Waals surface area contributed by atoms with Crippen LogP contribution in [-0.4, -0.2) is 31.1 Å². The van der Waals surface area contributed by atoms with Gasteiger partial charge in [0.25, 0.3) is 0 Å². The van der Waals surface area contributed by atoms with Gasteiger partial charge in [0.05, 0.1) is 5.69 Å². The second kappa shape index (κ2) is 5.77. The van der Waals surface area contributed by atoms with Crippen molar-refractivity contribution in [3.63, 3.8) is 0 Å². The van der Waals surface area contributed by atoms with Gasteiger partial charge in [-0.05, 0) is 18.5 Å². The minimum absolute atomic E-state index is 0.653. The first-order chi connectivity index (χ1) is 8.66. The Hall–Kier alpha value is -1.69. The minimum Gasteiger partial charge on any atom is -0.311 e. The van der Waals surface area contributed by atoms with Crippen molar-refractivity contribution in [2.45, 2.75) is 26.9 Å². The van der Waals surface area contributed by atoms with Crippen LogP contribution in [-0.2, 0) is 20.1 Å². The lowest BCUT2D eigenvalue weighted by Crippen LogP contribution is -2.21. The molecule has 0 aliphatic heterocycles. The van der Waals surface area contributed by atoms with Crippen LogP contribution in [0.25, 0.3) is 0 Å². The Balaban J connectivity index is 1.97. The van der Waals surface area contributed by atoms with E-state index in [0.717, 1.165) is 18.9 Å². The van der Waals surface area contributed by atoms with Gasteiger partial charge in [-0.15, -0.1) is 0 Å². The topological polar surface area (TPSA) is 60.6 Å². The largest absolute Gasteiger partial charge is 0.311 e. The number of nitrogens with one attached hydrogen (secondary N) is 1. The summed E-state index contributed by atoms with van der Waals surface area (Å²) in [6, 6.07) is 2.03. The summed E-state index contributed by atoms with van der Waals surface area (Å²) >= 11 is 0. The maximum atomic E-state index is 4.33. The summed E-state index contributed by atoms with van der Waals surface area (Å²) in [6.07, 6.45) is 3.39. The number of hydrogen-bond donors (Lipinski definition) is 1. The Morgan fingerprint density at radius 1 is 1.33 bits per heavy atom. The Bertz CT molecular complexity index is 484. The Kier molecular flexibility index (Phi) is 4.09. The van der Waals surface area contributed by atoms with Crippen LogP contribution in [0.4, 0.5) is 0 Å². The van der Waals surface area contributed by atoms with E-state index >= 15 is 0 Å². The summed E-state index contributed by atoms with van der Waals surface area (Å²) in [7, 11) is 1.89. The van der Waals surface area contributed by atoms with Crippen LogP contribution in [0.3, 0.4) is 0 Å². The molecule has 0 radical (unpaired) electrons. The van der Waals surface area contributed by atoms with Gasteiger partial charge in [0, 0.05) is 19.8 Å². The van der Waals surface area contributed by atoms with E-state index in [-0.39, 0.29) is 0 Å². The van der Waals surface area contributed by atoms with E-state index in [2.05, 4.69) is 34.3 Å². The fraction of sp³-hybridized carbons (Fsp3) is 0.583. The standard InChI is InChI=1S/C12H20N6/c1-10(2)6-13-7-11-4-5-15-18(11)8-12-14-9-16-17(12)3/h4-5,9-10,13H,6-8H2,1-3H3. The molecule has 0 saturated carbocycles. The zero-order valence-electron chi connectivity index (χ0n) is 11.2. The van der Waals surface area contributed by atoms with Crippen LogP contribution in [0.15, 0.2) is 18.6 Å². The zero-order chi connectivity index (χ0) is 13.0. The van der Waals surface area contributed by atoms with E-state index in [1.165, 1.54) is 5.69 Å². The van der Waals surface area contributed by atoms with Crippen molar-refractivity contribution in [3.05, 3.63) is 30.1 Å². The van der Waals surface area contributed by atoms with Gasteiger partial charge in [-0.25, -0.2) is 4.98 Å². The maximum Gasteiger partial charge on any atom is 0.148 e. The highest BCUT2D eigenvalue weighted by atomic mass is 15.4. The first-order valence-electron chi connectivity index (χ1n) is 6.21. The average Bonchev–Trinajstić information content (AvgIpc) is 2.90. The van der Waals surface area contributed by atoms with Crippen LogP contribution < -0.4 is 5.32 Å². The highest BCUT2D eigenvalue weighted by Crippen LogP contribution is 2.03. The molecule has 2 rings (SSSR count). The molecule has 0 aromatic carbocycles. The third-order valence-corrected chi connectivity index (χ3v) is 2.76. The van der Waals surface area contributed by atoms with Gasteiger partial charge >= 0.3 is 0 Å². The molecule has 0 fully saturated rings. The molecule has 0 aliphatic rings. The van der Waals surface area contributed by atoms with E-state index < -0.39 is 0 Å². The van der Waals surface area contributed by atoms with Crippen LogP contribution in [0.1, 0.15) is 25.4 Å². The summed E-state index contributed by atoms with van der Waals surface area (Å²) in [5.74, 6) is 1.56. The lowest BCUT2D eigenvalue weighted by atomic mass is 10.2. The Morgan fingerprint density at radius 2 is 2.17 bits per heavy atom. The number of hydrogen-bond acceptors (Lipinski definition) is 4. The second-order valence-electron chi connectivity index (χ2n) is 4.80. The van der Waals surface area contributed by atoms with Crippen molar-refractivity contribution in [1.82, 2.24) is 29.9 Å². The molecule has 0 saturated heterocycles. The highest BCUT2D eigenvalue weighted by Gasteiger charge is 2.06. The number of aromatic nitrogens is 5. The SMILES string of the molecule is CC(C)CNCc1ccnn1Cc1ncnn1C.